The molecule has 0 atom stereocenters. The van der Waals surface area contributed by atoms with Crippen molar-refractivity contribution in [1.82, 2.24) is 4.98 Å². The lowest BCUT2D eigenvalue weighted by Crippen LogP contribution is -1.93. The van der Waals surface area contributed by atoms with Gasteiger partial charge in [0.1, 0.15) is 5.01 Å². The van der Waals surface area contributed by atoms with E-state index in [0.717, 1.165) is 5.01 Å². The highest BCUT2D eigenvalue weighted by atomic mass is 32.1. The third-order valence-corrected chi connectivity index (χ3v) is 3.97. The Balaban J connectivity index is 2.46. The summed E-state index contributed by atoms with van der Waals surface area (Å²) in [4.78, 5) is 5.53. The molecule has 3 heteroatoms. The zero-order valence-electron chi connectivity index (χ0n) is 10.5. The lowest BCUT2D eigenvalue weighted by Gasteiger charge is -2.09. The van der Waals surface area contributed by atoms with Crippen LogP contribution in [0.3, 0.4) is 0 Å². The van der Waals surface area contributed by atoms with Gasteiger partial charge >= 0.3 is 0 Å². The van der Waals surface area contributed by atoms with Crippen LogP contribution >= 0.6 is 11.3 Å². The molecule has 0 aliphatic rings. The molecule has 1 aromatic heterocycles. The second kappa shape index (κ2) is 4.98. The van der Waals surface area contributed by atoms with Crippen LogP contribution in [0, 0.1) is 6.92 Å². The zero-order chi connectivity index (χ0) is 12.4. The summed E-state index contributed by atoms with van der Waals surface area (Å²) in [5.41, 5.74) is 9.55. The second-order valence-corrected chi connectivity index (χ2v) is 5.67. The van der Waals surface area contributed by atoms with Crippen molar-refractivity contribution in [3.63, 3.8) is 0 Å². The van der Waals surface area contributed by atoms with Gasteiger partial charge in [0.05, 0.1) is 4.88 Å². The van der Waals surface area contributed by atoms with E-state index in [1.807, 2.05) is 6.20 Å². The summed E-state index contributed by atoms with van der Waals surface area (Å²) < 4.78 is 0. The molecule has 0 fully saturated rings. The molecule has 2 N–H and O–H groups in total. The van der Waals surface area contributed by atoms with Gasteiger partial charge in [0, 0.05) is 12.7 Å². The lowest BCUT2D eigenvalue weighted by molar-refractivity contribution is 0.866. The number of thiazole rings is 1. The topological polar surface area (TPSA) is 38.9 Å². The van der Waals surface area contributed by atoms with Crippen LogP contribution in [0.5, 0.6) is 0 Å². The second-order valence-electron chi connectivity index (χ2n) is 4.55. The van der Waals surface area contributed by atoms with Gasteiger partial charge in [0.2, 0.25) is 0 Å². The molecule has 2 rings (SSSR count). The fourth-order valence-corrected chi connectivity index (χ4v) is 2.67. The van der Waals surface area contributed by atoms with E-state index >= 15 is 0 Å². The molecule has 1 aromatic carbocycles. The summed E-state index contributed by atoms with van der Waals surface area (Å²) in [5.74, 6) is 0.552. The Morgan fingerprint density at radius 1 is 1.35 bits per heavy atom. The maximum atomic E-state index is 5.61. The minimum Gasteiger partial charge on any atom is -0.325 e. The fourth-order valence-electron chi connectivity index (χ4n) is 1.79. The Bertz CT molecular complexity index is 515. The third-order valence-electron chi connectivity index (χ3n) is 2.92. The van der Waals surface area contributed by atoms with E-state index in [4.69, 9.17) is 5.73 Å². The maximum Gasteiger partial charge on any atom is 0.107 e. The van der Waals surface area contributed by atoms with Crippen LogP contribution in [0.15, 0.2) is 24.4 Å². The number of nitrogens with two attached hydrogens (primary N) is 1. The van der Waals surface area contributed by atoms with Gasteiger partial charge in [-0.05, 0) is 35.6 Å². The van der Waals surface area contributed by atoms with Crippen molar-refractivity contribution < 1.29 is 0 Å². The van der Waals surface area contributed by atoms with E-state index in [9.17, 15) is 0 Å². The van der Waals surface area contributed by atoms with Gasteiger partial charge in [0.15, 0.2) is 0 Å². The van der Waals surface area contributed by atoms with Crippen LogP contribution in [0.2, 0.25) is 0 Å². The Morgan fingerprint density at radius 3 is 2.71 bits per heavy atom. The van der Waals surface area contributed by atoms with Gasteiger partial charge in [-0.1, -0.05) is 26.0 Å². The van der Waals surface area contributed by atoms with Gasteiger partial charge in [-0.25, -0.2) is 4.98 Å². The SMILES string of the molecule is Cc1ccc(C(C)C)cc1-c1cnc(CN)s1. The lowest BCUT2D eigenvalue weighted by atomic mass is 9.97. The van der Waals surface area contributed by atoms with E-state index in [1.165, 1.54) is 21.6 Å². The summed E-state index contributed by atoms with van der Waals surface area (Å²) in [6, 6.07) is 6.66. The molecule has 2 nitrogen and oxygen atoms in total. The Hall–Kier alpha value is -1.19. The average Bonchev–Trinajstić information content (AvgIpc) is 2.77. The van der Waals surface area contributed by atoms with Crippen molar-refractivity contribution in [1.29, 1.82) is 0 Å². The monoisotopic (exact) mass is 246 g/mol. The first-order valence-electron chi connectivity index (χ1n) is 5.87. The van der Waals surface area contributed by atoms with E-state index in [0.29, 0.717) is 12.5 Å². The summed E-state index contributed by atoms with van der Waals surface area (Å²) in [6.07, 6.45) is 1.93. The number of aryl methyl sites for hydroxylation is 1. The van der Waals surface area contributed by atoms with Gasteiger partial charge in [-0.2, -0.15) is 0 Å². The Labute approximate surface area is 107 Å². The van der Waals surface area contributed by atoms with E-state index in [2.05, 4.69) is 44.0 Å². The smallest absolute Gasteiger partial charge is 0.107 e. The van der Waals surface area contributed by atoms with Crippen molar-refractivity contribution >= 4 is 11.3 Å². The predicted octanol–water partition coefficient (Wildman–Crippen LogP) is 3.70. The van der Waals surface area contributed by atoms with Crippen molar-refractivity contribution in [3.8, 4) is 10.4 Å². The molecule has 0 unspecified atom stereocenters. The molecule has 0 bridgehead atoms. The molecule has 0 aliphatic carbocycles. The van der Waals surface area contributed by atoms with Gasteiger partial charge in [-0.3, -0.25) is 0 Å². The van der Waals surface area contributed by atoms with Crippen molar-refractivity contribution in [2.24, 2.45) is 5.73 Å². The van der Waals surface area contributed by atoms with Gasteiger partial charge < -0.3 is 5.73 Å². The third kappa shape index (κ3) is 2.56. The predicted molar refractivity (Wildman–Crippen MR) is 74.3 cm³/mol. The highest BCUT2D eigenvalue weighted by Crippen LogP contribution is 2.31. The molecule has 90 valence electrons. The summed E-state index contributed by atoms with van der Waals surface area (Å²) in [7, 11) is 0. The first-order valence-corrected chi connectivity index (χ1v) is 6.69. The molecular formula is C14H18N2S. The quantitative estimate of drug-likeness (QED) is 0.896. The molecular weight excluding hydrogens is 228 g/mol. The van der Waals surface area contributed by atoms with Crippen LogP contribution in [0.4, 0.5) is 0 Å². The largest absolute Gasteiger partial charge is 0.325 e. The zero-order valence-corrected chi connectivity index (χ0v) is 11.3. The van der Waals surface area contributed by atoms with Crippen LogP contribution in [0.1, 0.15) is 35.9 Å². The highest BCUT2D eigenvalue weighted by molar-refractivity contribution is 7.15. The Kier molecular flexibility index (Phi) is 3.60. The maximum absolute atomic E-state index is 5.61. The molecule has 2 aromatic rings. The fraction of sp³-hybridized carbons (Fsp3) is 0.357. The summed E-state index contributed by atoms with van der Waals surface area (Å²) in [6.45, 7) is 7.09. The number of aromatic nitrogens is 1. The molecule has 0 spiro atoms. The number of rotatable bonds is 3. The molecule has 0 aliphatic heterocycles. The summed E-state index contributed by atoms with van der Waals surface area (Å²) >= 11 is 1.68. The molecule has 0 amide bonds. The normalized spacial score (nSPS) is 11.1. The molecule has 0 saturated carbocycles. The minimum absolute atomic E-state index is 0.521. The van der Waals surface area contributed by atoms with E-state index < -0.39 is 0 Å². The van der Waals surface area contributed by atoms with E-state index in [1.54, 1.807) is 11.3 Å². The van der Waals surface area contributed by atoms with Gasteiger partial charge in [-0.15, -0.1) is 11.3 Å². The first-order chi connectivity index (χ1) is 8.11. The molecule has 17 heavy (non-hydrogen) atoms. The van der Waals surface area contributed by atoms with Crippen molar-refractivity contribution in [2.45, 2.75) is 33.2 Å². The number of nitrogens with zero attached hydrogens (tertiary/aromatic N) is 1. The van der Waals surface area contributed by atoms with Crippen LogP contribution < -0.4 is 5.73 Å². The number of hydrogen-bond acceptors (Lipinski definition) is 3. The van der Waals surface area contributed by atoms with Crippen molar-refractivity contribution in [3.05, 3.63) is 40.5 Å². The van der Waals surface area contributed by atoms with Crippen LogP contribution in [-0.4, -0.2) is 4.98 Å². The average molecular weight is 246 g/mol. The standard InChI is InChI=1S/C14H18N2S/c1-9(2)11-5-4-10(3)12(6-11)13-8-16-14(7-15)17-13/h4-6,8-9H,7,15H2,1-3H3. The van der Waals surface area contributed by atoms with Crippen LogP contribution in [-0.2, 0) is 6.54 Å². The van der Waals surface area contributed by atoms with E-state index in [-0.39, 0.29) is 0 Å². The number of hydrogen-bond donors (Lipinski definition) is 1. The molecule has 0 saturated heterocycles. The van der Waals surface area contributed by atoms with Gasteiger partial charge in [0.25, 0.3) is 0 Å². The minimum atomic E-state index is 0.521. The van der Waals surface area contributed by atoms with Crippen LogP contribution in [0.25, 0.3) is 10.4 Å². The molecule has 1 heterocycles. The van der Waals surface area contributed by atoms with Crippen molar-refractivity contribution in [2.75, 3.05) is 0 Å². The highest BCUT2D eigenvalue weighted by Gasteiger charge is 2.08. The number of benzene rings is 1. The summed E-state index contributed by atoms with van der Waals surface area (Å²) in [5, 5.41) is 0.995. The Morgan fingerprint density at radius 2 is 2.12 bits per heavy atom. The molecule has 0 radical (unpaired) electrons. The first kappa shape index (κ1) is 12.3.